The van der Waals surface area contributed by atoms with Crippen LogP contribution in [0.5, 0.6) is 0 Å². The van der Waals surface area contributed by atoms with Gasteiger partial charge < -0.3 is 14.8 Å². The molecule has 2 rings (SSSR count). The number of fused-ring (bicyclic) bond motifs is 1. The summed E-state index contributed by atoms with van der Waals surface area (Å²) in [5.74, 6) is 0. The summed E-state index contributed by atoms with van der Waals surface area (Å²) in [5.41, 5.74) is 0.758. The van der Waals surface area contributed by atoms with E-state index < -0.39 is 17.7 Å². The molecule has 2 heterocycles. The van der Waals surface area contributed by atoms with Gasteiger partial charge in [0.2, 0.25) is 0 Å². The van der Waals surface area contributed by atoms with Gasteiger partial charge in [-0.3, -0.25) is 4.40 Å². The van der Waals surface area contributed by atoms with Crippen LogP contribution in [0.25, 0.3) is 4.96 Å². The molecule has 2 aromatic rings. The Balaban J connectivity index is 2.24. The van der Waals surface area contributed by atoms with Crippen molar-refractivity contribution in [1.82, 2.24) is 14.7 Å². The lowest BCUT2D eigenvalue weighted by molar-refractivity contribution is -0.109. The van der Waals surface area contributed by atoms with Crippen LogP contribution in [0.15, 0.2) is 11.6 Å². The van der Waals surface area contributed by atoms with Gasteiger partial charge in [0.1, 0.15) is 17.9 Å². The van der Waals surface area contributed by atoms with Crippen molar-refractivity contribution in [3.05, 3.63) is 23.0 Å². The normalized spacial score (nSPS) is 13.2. The predicted molar refractivity (Wildman–Crippen MR) is 76.0 cm³/mol. The first-order valence-corrected chi connectivity index (χ1v) is 7.06. The Bertz CT molecular complexity index is 639. The molecule has 6 nitrogen and oxygen atoms in total. The molecule has 0 aliphatic carbocycles. The van der Waals surface area contributed by atoms with Gasteiger partial charge in [0.05, 0.1) is 11.4 Å². The average molecular weight is 295 g/mol. The second kappa shape index (κ2) is 5.24. The number of imidazole rings is 1. The van der Waals surface area contributed by atoms with E-state index in [4.69, 9.17) is 4.74 Å². The number of rotatable bonds is 3. The second-order valence-corrected chi connectivity index (χ2v) is 6.27. The van der Waals surface area contributed by atoms with Gasteiger partial charge in [0.25, 0.3) is 0 Å². The fourth-order valence-corrected chi connectivity index (χ4v) is 2.65. The molecule has 7 heteroatoms. The van der Waals surface area contributed by atoms with E-state index in [-0.39, 0.29) is 0 Å². The maximum absolute atomic E-state index is 11.8. The monoisotopic (exact) mass is 295 g/mol. The van der Waals surface area contributed by atoms with E-state index in [1.807, 2.05) is 18.5 Å². The molecule has 1 N–H and O–H groups in total. The van der Waals surface area contributed by atoms with E-state index in [1.54, 1.807) is 25.2 Å². The SMILES string of the molecule is Cc1nc2sccn2c1C(C=O)NC(=O)OC(C)(C)C. The fourth-order valence-electron chi connectivity index (χ4n) is 1.89. The first-order valence-electron chi connectivity index (χ1n) is 6.18. The van der Waals surface area contributed by atoms with Crippen molar-refractivity contribution in [2.45, 2.75) is 39.3 Å². The largest absolute Gasteiger partial charge is 0.444 e. The molecule has 1 amide bonds. The number of aryl methyl sites for hydroxylation is 1. The maximum atomic E-state index is 11.8. The van der Waals surface area contributed by atoms with Gasteiger partial charge >= 0.3 is 6.09 Å². The van der Waals surface area contributed by atoms with Crippen LogP contribution in [0.2, 0.25) is 0 Å². The van der Waals surface area contributed by atoms with Crippen molar-refractivity contribution >= 4 is 28.7 Å². The first kappa shape index (κ1) is 14.5. The van der Waals surface area contributed by atoms with Crippen molar-refractivity contribution in [3.63, 3.8) is 0 Å². The molecule has 20 heavy (non-hydrogen) atoms. The van der Waals surface area contributed by atoms with Crippen molar-refractivity contribution in [2.24, 2.45) is 0 Å². The predicted octanol–water partition coefficient (Wildman–Crippen LogP) is 2.47. The zero-order valence-corrected chi connectivity index (χ0v) is 12.7. The number of nitrogens with one attached hydrogen (secondary N) is 1. The summed E-state index contributed by atoms with van der Waals surface area (Å²) in [6.07, 6.45) is 1.87. The Hall–Kier alpha value is -1.89. The number of hydrogen-bond donors (Lipinski definition) is 1. The topological polar surface area (TPSA) is 72.7 Å². The number of nitrogens with zero attached hydrogens (tertiary/aromatic N) is 2. The molecule has 0 fully saturated rings. The van der Waals surface area contributed by atoms with Crippen LogP contribution in [0.4, 0.5) is 4.79 Å². The highest BCUT2D eigenvalue weighted by Gasteiger charge is 2.24. The highest BCUT2D eigenvalue weighted by Crippen LogP contribution is 2.22. The van der Waals surface area contributed by atoms with Crippen LogP contribution in [-0.4, -0.2) is 27.4 Å². The summed E-state index contributed by atoms with van der Waals surface area (Å²) in [4.78, 5) is 28.2. The Morgan fingerprint density at radius 1 is 1.55 bits per heavy atom. The van der Waals surface area contributed by atoms with Gasteiger partial charge in [0.15, 0.2) is 4.96 Å². The maximum Gasteiger partial charge on any atom is 0.408 e. The number of alkyl carbamates (subject to hydrolysis) is 1. The Kier molecular flexibility index (Phi) is 3.80. The van der Waals surface area contributed by atoms with Crippen LogP contribution >= 0.6 is 11.3 Å². The molecule has 0 saturated heterocycles. The van der Waals surface area contributed by atoms with Crippen LogP contribution in [0.3, 0.4) is 0 Å². The van der Waals surface area contributed by atoms with E-state index in [1.165, 1.54) is 11.3 Å². The standard InChI is InChI=1S/C13H17N3O3S/c1-8-10(16-5-6-20-11(16)14-8)9(7-17)15-12(18)19-13(2,3)4/h5-7,9H,1-4H3,(H,15,18). The van der Waals surface area contributed by atoms with Gasteiger partial charge in [-0.2, -0.15) is 0 Å². The number of thiazole rings is 1. The summed E-state index contributed by atoms with van der Waals surface area (Å²) in [5, 5.41) is 4.44. The number of hydrogen-bond acceptors (Lipinski definition) is 5. The first-order chi connectivity index (χ1) is 9.31. The third kappa shape index (κ3) is 2.98. The summed E-state index contributed by atoms with van der Waals surface area (Å²) < 4.78 is 6.97. The lowest BCUT2D eigenvalue weighted by Gasteiger charge is -2.21. The zero-order chi connectivity index (χ0) is 14.9. The summed E-state index contributed by atoms with van der Waals surface area (Å²) in [6, 6.07) is -0.783. The lowest BCUT2D eigenvalue weighted by atomic mass is 10.2. The molecule has 1 atom stereocenters. The number of amides is 1. The Morgan fingerprint density at radius 3 is 2.85 bits per heavy atom. The quantitative estimate of drug-likeness (QED) is 0.883. The van der Waals surface area contributed by atoms with E-state index in [0.29, 0.717) is 17.7 Å². The van der Waals surface area contributed by atoms with Crippen LogP contribution in [-0.2, 0) is 9.53 Å². The van der Waals surface area contributed by atoms with Crippen molar-refractivity contribution in [3.8, 4) is 0 Å². The third-order valence-corrected chi connectivity index (χ3v) is 3.34. The van der Waals surface area contributed by atoms with E-state index >= 15 is 0 Å². The van der Waals surface area contributed by atoms with Gasteiger partial charge in [-0.15, -0.1) is 11.3 Å². The third-order valence-electron chi connectivity index (χ3n) is 2.59. The number of aldehydes is 1. The smallest absolute Gasteiger partial charge is 0.408 e. The Labute approximate surface area is 120 Å². The molecule has 2 aromatic heterocycles. The molecule has 0 aliphatic heterocycles. The average Bonchev–Trinajstić information content (AvgIpc) is 2.83. The highest BCUT2D eigenvalue weighted by atomic mass is 32.1. The molecular formula is C13H17N3O3S. The minimum absolute atomic E-state index is 0.609. The molecule has 0 aliphatic rings. The van der Waals surface area contributed by atoms with Crippen molar-refractivity contribution < 1.29 is 14.3 Å². The fraction of sp³-hybridized carbons (Fsp3) is 0.462. The molecule has 0 aromatic carbocycles. The number of aromatic nitrogens is 2. The van der Waals surface area contributed by atoms with Gasteiger partial charge in [-0.05, 0) is 27.7 Å². The highest BCUT2D eigenvalue weighted by molar-refractivity contribution is 7.15. The zero-order valence-electron chi connectivity index (χ0n) is 11.8. The molecule has 108 valence electrons. The van der Waals surface area contributed by atoms with Crippen molar-refractivity contribution in [2.75, 3.05) is 0 Å². The van der Waals surface area contributed by atoms with E-state index in [2.05, 4.69) is 10.3 Å². The molecule has 0 spiro atoms. The molecule has 1 unspecified atom stereocenters. The van der Waals surface area contributed by atoms with Gasteiger partial charge in [-0.1, -0.05) is 0 Å². The molecular weight excluding hydrogens is 278 g/mol. The minimum Gasteiger partial charge on any atom is -0.444 e. The lowest BCUT2D eigenvalue weighted by Crippen LogP contribution is -2.36. The van der Waals surface area contributed by atoms with Gasteiger partial charge in [0, 0.05) is 11.6 Å². The second-order valence-electron chi connectivity index (χ2n) is 5.40. The summed E-state index contributed by atoms with van der Waals surface area (Å²) >= 11 is 1.47. The van der Waals surface area contributed by atoms with Crippen molar-refractivity contribution in [1.29, 1.82) is 0 Å². The molecule has 0 bridgehead atoms. The summed E-state index contributed by atoms with van der Waals surface area (Å²) in [7, 11) is 0. The Morgan fingerprint density at radius 2 is 2.25 bits per heavy atom. The van der Waals surface area contributed by atoms with Crippen LogP contribution < -0.4 is 5.32 Å². The van der Waals surface area contributed by atoms with E-state index in [9.17, 15) is 9.59 Å². The van der Waals surface area contributed by atoms with Crippen LogP contribution in [0, 0.1) is 6.92 Å². The molecule has 0 radical (unpaired) electrons. The number of ether oxygens (including phenoxy) is 1. The minimum atomic E-state index is -0.783. The van der Waals surface area contributed by atoms with E-state index in [0.717, 1.165) is 4.96 Å². The van der Waals surface area contributed by atoms with Gasteiger partial charge in [-0.25, -0.2) is 9.78 Å². The summed E-state index contributed by atoms with van der Waals surface area (Å²) in [6.45, 7) is 7.11. The molecule has 0 saturated carbocycles. The number of carbonyl (C=O) groups is 2. The number of carbonyl (C=O) groups excluding carboxylic acids is 2. The van der Waals surface area contributed by atoms with Crippen LogP contribution in [0.1, 0.15) is 38.2 Å².